The summed E-state index contributed by atoms with van der Waals surface area (Å²) in [4.78, 5) is 12.1. The third-order valence-electron chi connectivity index (χ3n) is 2.39. The molecule has 4 nitrogen and oxygen atoms in total. The molecule has 2 aromatic rings. The molecule has 0 unspecified atom stereocenters. The number of thiazole rings is 1. The number of nitrogens with zero attached hydrogens (tertiary/aromatic N) is 3. The van der Waals surface area contributed by atoms with Gasteiger partial charge in [0.15, 0.2) is 5.01 Å². The van der Waals surface area contributed by atoms with E-state index in [1.165, 1.54) is 6.20 Å². The Morgan fingerprint density at radius 1 is 1.30 bits per heavy atom. The predicted molar refractivity (Wildman–Crippen MR) is 71.7 cm³/mol. The highest BCUT2D eigenvalue weighted by Gasteiger charge is 2.34. The molecule has 0 saturated heterocycles. The smallest absolute Gasteiger partial charge is 0.370 e. The van der Waals surface area contributed by atoms with E-state index in [4.69, 9.17) is 0 Å². The molecule has 0 spiro atoms. The molecule has 0 aliphatic heterocycles. The summed E-state index contributed by atoms with van der Waals surface area (Å²) in [7, 11) is 0. The van der Waals surface area contributed by atoms with Crippen LogP contribution >= 0.6 is 11.3 Å². The summed E-state index contributed by atoms with van der Waals surface area (Å²) in [5.41, 5.74) is 0.448. The second kappa shape index (κ2) is 5.74. The average Bonchev–Trinajstić information content (AvgIpc) is 2.85. The number of aryl methyl sites for hydroxylation is 1. The van der Waals surface area contributed by atoms with Crippen LogP contribution in [0, 0.1) is 6.92 Å². The maximum Gasteiger partial charge on any atom is 0.443 e. The molecule has 1 N–H and O–H groups in total. The predicted octanol–water partition coefficient (Wildman–Crippen LogP) is 3.75. The van der Waals surface area contributed by atoms with Crippen molar-refractivity contribution in [2.75, 3.05) is 11.9 Å². The number of hydrogen-bond acceptors (Lipinski definition) is 5. The molecule has 2 rings (SSSR count). The van der Waals surface area contributed by atoms with E-state index in [1.807, 2.05) is 6.92 Å². The van der Waals surface area contributed by atoms with Gasteiger partial charge in [0.2, 0.25) is 0 Å². The van der Waals surface area contributed by atoms with Gasteiger partial charge in [-0.15, -0.1) is 11.3 Å². The molecular formula is C12H13F3N4S. The van der Waals surface area contributed by atoms with Crippen molar-refractivity contribution in [1.29, 1.82) is 0 Å². The molecule has 0 fully saturated rings. The Morgan fingerprint density at radius 3 is 2.65 bits per heavy atom. The number of hydrogen-bond donors (Lipinski definition) is 1. The van der Waals surface area contributed by atoms with Crippen molar-refractivity contribution in [1.82, 2.24) is 15.0 Å². The minimum Gasteiger partial charge on any atom is -0.370 e. The van der Waals surface area contributed by atoms with E-state index >= 15 is 0 Å². The Bertz CT molecular complexity index is 595. The van der Waals surface area contributed by atoms with Crippen LogP contribution < -0.4 is 5.32 Å². The summed E-state index contributed by atoms with van der Waals surface area (Å²) in [6.07, 6.45) is -2.30. The highest BCUT2D eigenvalue weighted by Crippen LogP contribution is 2.36. The first-order chi connectivity index (χ1) is 9.40. The molecule has 0 aliphatic carbocycles. The topological polar surface area (TPSA) is 50.7 Å². The molecular weight excluding hydrogens is 289 g/mol. The van der Waals surface area contributed by atoms with Gasteiger partial charge >= 0.3 is 6.18 Å². The molecule has 8 heteroatoms. The standard InChI is InChI=1S/C12H13F3N4S/c1-3-4-16-10-5-8(18-7(2)19-10)9-6-17-11(20-9)12(13,14)15/h5-6H,3-4H2,1-2H3,(H,16,18,19). The lowest BCUT2D eigenvalue weighted by Crippen LogP contribution is -2.04. The van der Waals surface area contributed by atoms with Crippen molar-refractivity contribution in [3.8, 4) is 10.6 Å². The van der Waals surface area contributed by atoms with Gasteiger partial charge in [-0.3, -0.25) is 0 Å². The SMILES string of the molecule is CCCNc1cc(-c2cnc(C(F)(F)F)s2)nc(C)n1. The Morgan fingerprint density at radius 2 is 2.05 bits per heavy atom. The summed E-state index contributed by atoms with van der Waals surface area (Å²) in [6.45, 7) is 4.46. The number of nitrogens with one attached hydrogen (secondary N) is 1. The molecule has 2 heterocycles. The molecule has 0 aromatic carbocycles. The lowest BCUT2D eigenvalue weighted by atomic mass is 10.3. The highest BCUT2D eigenvalue weighted by molar-refractivity contribution is 7.15. The molecule has 0 bridgehead atoms. The Hall–Kier alpha value is -1.70. The third-order valence-corrected chi connectivity index (χ3v) is 3.46. The lowest BCUT2D eigenvalue weighted by Gasteiger charge is -2.06. The Labute approximate surface area is 118 Å². The van der Waals surface area contributed by atoms with Crippen molar-refractivity contribution < 1.29 is 13.2 Å². The Balaban J connectivity index is 2.32. The van der Waals surface area contributed by atoms with Crippen molar-refractivity contribution in [3.63, 3.8) is 0 Å². The van der Waals surface area contributed by atoms with E-state index in [2.05, 4.69) is 20.3 Å². The molecule has 0 atom stereocenters. The van der Waals surface area contributed by atoms with Crippen LogP contribution in [0.25, 0.3) is 10.6 Å². The number of anilines is 1. The van der Waals surface area contributed by atoms with Crippen LogP contribution in [-0.4, -0.2) is 21.5 Å². The van der Waals surface area contributed by atoms with Gasteiger partial charge in [0, 0.05) is 18.8 Å². The van der Waals surface area contributed by atoms with Crippen molar-refractivity contribution in [3.05, 3.63) is 23.1 Å². The highest BCUT2D eigenvalue weighted by atomic mass is 32.1. The van der Waals surface area contributed by atoms with Crippen LogP contribution in [0.4, 0.5) is 19.0 Å². The van der Waals surface area contributed by atoms with Crippen LogP contribution in [0.3, 0.4) is 0 Å². The maximum absolute atomic E-state index is 12.5. The zero-order chi connectivity index (χ0) is 14.8. The van der Waals surface area contributed by atoms with Gasteiger partial charge in [-0.2, -0.15) is 13.2 Å². The fourth-order valence-electron chi connectivity index (χ4n) is 1.56. The van der Waals surface area contributed by atoms with E-state index in [9.17, 15) is 13.2 Å². The number of halogens is 3. The first-order valence-corrected chi connectivity index (χ1v) is 6.84. The van der Waals surface area contributed by atoms with Crippen LogP contribution in [0.5, 0.6) is 0 Å². The summed E-state index contributed by atoms with van der Waals surface area (Å²) >= 11 is 0.580. The van der Waals surface area contributed by atoms with Gasteiger partial charge in [0.1, 0.15) is 11.6 Å². The van der Waals surface area contributed by atoms with E-state index in [1.54, 1.807) is 13.0 Å². The summed E-state index contributed by atoms with van der Waals surface area (Å²) in [6, 6.07) is 1.64. The average molecular weight is 302 g/mol. The van der Waals surface area contributed by atoms with E-state index in [0.717, 1.165) is 13.0 Å². The number of alkyl halides is 3. The van der Waals surface area contributed by atoms with Crippen molar-refractivity contribution in [2.45, 2.75) is 26.4 Å². The maximum atomic E-state index is 12.5. The van der Waals surface area contributed by atoms with Crippen LogP contribution in [0.1, 0.15) is 24.2 Å². The van der Waals surface area contributed by atoms with Gasteiger partial charge in [0.25, 0.3) is 0 Å². The molecule has 0 saturated carbocycles. The van der Waals surface area contributed by atoms with Gasteiger partial charge < -0.3 is 5.32 Å². The number of rotatable bonds is 4. The molecule has 0 aliphatic rings. The quantitative estimate of drug-likeness (QED) is 0.934. The fourth-order valence-corrected chi connectivity index (χ4v) is 2.31. The molecule has 108 valence electrons. The van der Waals surface area contributed by atoms with Crippen LogP contribution in [-0.2, 0) is 6.18 Å². The van der Waals surface area contributed by atoms with Gasteiger partial charge in [-0.05, 0) is 13.3 Å². The molecule has 0 amide bonds. The normalized spacial score (nSPS) is 11.7. The minimum absolute atomic E-state index is 0.377. The van der Waals surface area contributed by atoms with Gasteiger partial charge in [0.05, 0.1) is 10.6 Å². The Kier molecular flexibility index (Phi) is 4.22. The van der Waals surface area contributed by atoms with Gasteiger partial charge in [-0.1, -0.05) is 6.92 Å². The van der Waals surface area contributed by atoms with Gasteiger partial charge in [-0.25, -0.2) is 15.0 Å². The van der Waals surface area contributed by atoms with E-state index in [-0.39, 0.29) is 0 Å². The lowest BCUT2D eigenvalue weighted by molar-refractivity contribution is -0.137. The zero-order valence-electron chi connectivity index (χ0n) is 11.0. The largest absolute Gasteiger partial charge is 0.443 e. The third kappa shape index (κ3) is 3.44. The summed E-state index contributed by atoms with van der Waals surface area (Å²) < 4.78 is 37.6. The first kappa shape index (κ1) is 14.7. The molecule has 2 aromatic heterocycles. The van der Waals surface area contributed by atoms with Crippen molar-refractivity contribution >= 4 is 17.2 Å². The molecule has 20 heavy (non-hydrogen) atoms. The summed E-state index contributed by atoms with van der Waals surface area (Å²) in [5.74, 6) is 1.11. The zero-order valence-corrected chi connectivity index (χ0v) is 11.8. The fraction of sp³-hybridized carbons (Fsp3) is 0.417. The van der Waals surface area contributed by atoms with E-state index < -0.39 is 11.2 Å². The second-order valence-corrected chi connectivity index (χ2v) is 5.17. The van der Waals surface area contributed by atoms with E-state index in [0.29, 0.717) is 33.6 Å². The summed E-state index contributed by atoms with van der Waals surface area (Å²) in [5, 5.41) is 2.22. The minimum atomic E-state index is -4.42. The first-order valence-electron chi connectivity index (χ1n) is 6.03. The van der Waals surface area contributed by atoms with Crippen molar-refractivity contribution in [2.24, 2.45) is 0 Å². The second-order valence-electron chi connectivity index (χ2n) is 4.14. The van der Waals surface area contributed by atoms with Crippen LogP contribution in [0.15, 0.2) is 12.3 Å². The number of aromatic nitrogens is 3. The monoisotopic (exact) mass is 302 g/mol. The molecule has 0 radical (unpaired) electrons. The van der Waals surface area contributed by atoms with Crippen LogP contribution in [0.2, 0.25) is 0 Å².